The second-order valence-corrected chi connectivity index (χ2v) is 9.90. The minimum atomic E-state index is -0.123. The zero-order valence-corrected chi connectivity index (χ0v) is 20.1. The maximum Gasteiger partial charge on any atom is 0.245 e. The van der Waals surface area contributed by atoms with Crippen molar-refractivity contribution in [2.75, 3.05) is 37.6 Å². The molecule has 2 fully saturated rings. The second kappa shape index (κ2) is 10.2. The van der Waals surface area contributed by atoms with Crippen molar-refractivity contribution < 1.29 is 4.79 Å². The number of piperazine rings is 1. The van der Waals surface area contributed by atoms with Gasteiger partial charge < -0.3 is 9.80 Å². The molecule has 0 N–H and O–H groups in total. The van der Waals surface area contributed by atoms with Crippen LogP contribution < -0.4 is 4.90 Å². The molecule has 1 aromatic heterocycles. The average molecular weight is 482 g/mol. The molecule has 5 rings (SSSR count). The summed E-state index contributed by atoms with van der Waals surface area (Å²) < 4.78 is 4.56. The number of halogens is 1. The molecule has 2 aromatic carbocycles. The minimum Gasteiger partial charge on any atom is -0.338 e. The van der Waals surface area contributed by atoms with Gasteiger partial charge in [-0.15, -0.1) is 0 Å². The van der Waals surface area contributed by atoms with Crippen molar-refractivity contribution in [2.45, 2.75) is 31.8 Å². The van der Waals surface area contributed by atoms with Gasteiger partial charge in [-0.05, 0) is 36.1 Å². The molecule has 33 heavy (non-hydrogen) atoms. The van der Waals surface area contributed by atoms with Crippen molar-refractivity contribution in [2.24, 2.45) is 0 Å². The van der Waals surface area contributed by atoms with Crippen LogP contribution in [0.3, 0.4) is 0 Å². The number of amides is 1. The summed E-state index contributed by atoms with van der Waals surface area (Å²) >= 11 is 7.38. The molecular weight excluding hydrogens is 454 g/mol. The van der Waals surface area contributed by atoms with Crippen LogP contribution in [0.4, 0.5) is 5.13 Å². The van der Waals surface area contributed by atoms with Crippen molar-refractivity contribution in [1.82, 2.24) is 19.2 Å². The molecule has 1 unspecified atom stereocenters. The summed E-state index contributed by atoms with van der Waals surface area (Å²) in [5.41, 5.74) is 2.45. The number of anilines is 1. The molecule has 0 spiro atoms. The summed E-state index contributed by atoms with van der Waals surface area (Å²) in [6.45, 7) is 5.20. The maximum absolute atomic E-state index is 13.4. The molecule has 2 aliphatic heterocycles. The van der Waals surface area contributed by atoms with Crippen molar-refractivity contribution in [1.29, 1.82) is 0 Å². The van der Waals surface area contributed by atoms with E-state index in [9.17, 15) is 4.79 Å². The van der Waals surface area contributed by atoms with Gasteiger partial charge in [0.25, 0.3) is 0 Å². The number of aromatic nitrogens is 2. The predicted octanol–water partition coefficient (Wildman–Crippen LogP) is 4.10. The van der Waals surface area contributed by atoms with Gasteiger partial charge in [0, 0.05) is 62.2 Å². The second-order valence-electron chi connectivity index (χ2n) is 8.73. The summed E-state index contributed by atoms with van der Waals surface area (Å²) in [5.74, 6) is 1.03. The molecule has 0 saturated carbocycles. The van der Waals surface area contributed by atoms with Gasteiger partial charge in [0.2, 0.25) is 11.0 Å². The minimum absolute atomic E-state index is 0.123. The first kappa shape index (κ1) is 22.3. The lowest BCUT2D eigenvalue weighted by Crippen LogP contribution is -2.53. The number of benzene rings is 2. The van der Waals surface area contributed by atoms with E-state index >= 15 is 0 Å². The highest BCUT2D eigenvalue weighted by atomic mass is 35.5. The number of carbonyl (C=O) groups excluding carboxylic acids is 1. The van der Waals surface area contributed by atoms with E-state index < -0.39 is 0 Å². The zero-order valence-electron chi connectivity index (χ0n) is 18.6. The van der Waals surface area contributed by atoms with Crippen LogP contribution in [-0.2, 0) is 17.8 Å². The van der Waals surface area contributed by atoms with Crippen molar-refractivity contribution in [3.05, 3.63) is 76.6 Å². The van der Waals surface area contributed by atoms with E-state index in [-0.39, 0.29) is 11.9 Å². The van der Waals surface area contributed by atoms with Gasteiger partial charge in [0.15, 0.2) is 0 Å². The molecule has 172 valence electrons. The van der Waals surface area contributed by atoms with Crippen LogP contribution in [0.1, 0.15) is 29.8 Å². The van der Waals surface area contributed by atoms with Gasteiger partial charge in [-0.1, -0.05) is 54.1 Å². The molecule has 0 radical (unpaired) electrons. The third kappa shape index (κ3) is 5.37. The Morgan fingerprint density at radius 2 is 1.73 bits per heavy atom. The molecule has 1 atom stereocenters. The van der Waals surface area contributed by atoms with Gasteiger partial charge >= 0.3 is 0 Å². The lowest BCUT2D eigenvalue weighted by molar-refractivity contribution is -0.134. The van der Waals surface area contributed by atoms with Crippen LogP contribution in [0, 0.1) is 0 Å². The van der Waals surface area contributed by atoms with Gasteiger partial charge in [-0.25, -0.2) is 4.98 Å². The third-order valence-electron chi connectivity index (χ3n) is 6.45. The quantitative estimate of drug-likeness (QED) is 0.530. The molecule has 3 heterocycles. The highest BCUT2D eigenvalue weighted by Gasteiger charge is 2.36. The van der Waals surface area contributed by atoms with Crippen molar-refractivity contribution in [3.8, 4) is 0 Å². The first-order valence-electron chi connectivity index (χ1n) is 11.5. The van der Waals surface area contributed by atoms with Gasteiger partial charge in [0.1, 0.15) is 11.9 Å². The molecule has 0 aliphatic carbocycles. The van der Waals surface area contributed by atoms with E-state index in [1.54, 1.807) is 0 Å². The molecule has 8 heteroatoms. The Bertz CT molecular complexity index is 1070. The molecule has 0 bridgehead atoms. The Balaban J connectivity index is 1.18. The lowest BCUT2D eigenvalue weighted by Gasteiger charge is -2.37. The summed E-state index contributed by atoms with van der Waals surface area (Å²) in [6.07, 6.45) is 2.56. The van der Waals surface area contributed by atoms with Crippen LogP contribution in [0.15, 0.2) is 54.6 Å². The Morgan fingerprint density at radius 3 is 2.48 bits per heavy atom. The number of nitrogens with zero attached hydrogens (tertiary/aromatic N) is 5. The summed E-state index contributed by atoms with van der Waals surface area (Å²) in [6, 6.07) is 18.2. The average Bonchev–Trinajstić information content (AvgIpc) is 3.51. The fourth-order valence-electron chi connectivity index (χ4n) is 4.65. The third-order valence-corrected chi connectivity index (χ3v) is 7.49. The molecule has 2 aliphatic rings. The van der Waals surface area contributed by atoms with Crippen molar-refractivity contribution in [3.63, 3.8) is 0 Å². The van der Waals surface area contributed by atoms with Crippen molar-refractivity contribution >= 4 is 34.2 Å². The number of hydrogen-bond donors (Lipinski definition) is 0. The summed E-state index contributed by atoms with van der Waals surface area (Å²) in [4.78, 5) is 24.8. The van der Waals surface area contributed by atoms with E-state index in [1.165, 1.54) is 17.1 Å². The molecular formula is C25H28ClN5OS. The molecule has 3 aromatic rings. The monoisotopic (exact) mass is 481 g/mol. The van der Waals surface area contributed by atoms with Crippen LogP contribution in [0.5, 0.6) is 0 Å². The van der Waals surface area contributed by atoms with E-state index in [2.05, 4.69) is 38.4 Å². The fourth-order valence-corrected chi connectivity index (χ4v) is 5.54. The Morgan fingerprint density at radius 1 is 0.970 bits per heavy atom. The number of hydrogen-bond acceptors (Lipinski definition) is 6. The van der Waals surface area contributed by atoms with Crippen LogP contribution in [0.2, 0.25) is 5.02 Å². The lowest BCUT2D eigenvalue weighted by atomic mass is 10.1. The van der Waals surface area contributed by atoms with E-state index in [4.69, 9.17) is 16.6 Å². The fraction of sp³-hybridized carbons (Fsp3) is 0.400. The molecule has 6 nitrogen and oxygen atoms in total. The zero-order chi connectivity index (χ0) is 22.6. The highest BCUT2D eigenvalue weighted by Crippen LogP contribution is 2.29. The Kier molecular flexibility index (Phi) is 6.90. The van der Waals surface area contributed by atoms with Gasteiger partial charge in [0.05, 0.1) is 0 Å². The SMILES string of the molecule is O=C(C1CCCN1c1nc(Cc2ccc(Cl)cc2)ns1)N1CCN(Cc2ccccc2)CC1. The Hall–Kier alpha value is -2.48. The van der Waals surface area contributed by atoms with Gasteiger partial charge in [-0.3, -0.25) is 9.69 Å². The number of rotatable bonds is 6. The number of carbonyl (C=O) groups is 1. The van der Waals surface area contributed by atoms with Gasteiger partial charge in [-0.2, -0.15) is 4.37 Å². The van der Waals surface area contributed by atoms with Crippen LogP contribution in [-0.4, -0.2) is 63.8 Å². The largest absolute Gasteiger partial charge is 0.338 e. The Labute approximate surface area is 204 Å². The van der Waals surface area contributed by atoms with Crippen LogP contribution >= 0.6 is 23.1 Å². The van der Waals surface area contributed by atoms with E-state index in [1.807, 2.05) is 35.2 Å². The summed E-state index contributed by atoms with van der Waals surface area (Å²) in [5, 5.41) is 1.59. The first-order chi connectivity index (χ1) is 16.2. The molecule has 2 saturated heterocycles. The predicted molar refractivity (Wildman–Crippen MR) is 133 cm³/mol. The summed E-state index contributed by atoms with van der Waals surface area (Å²) in [7, 11) is 0. The highest BCUT2D eigenvalue weighted by molar-refractivity contribution is 7.09. The standard InChI is InChI=1S/C25H28ClN5OS/c26-21-10-8-19(9-11-21)17-23-27-25(33-28-23)31-12-4-7-22(31)24(32)30-15-13-29(14-16-30)18-20-5-2-1-3-6-20/h1-3,5-6,8-11,22H,4,7,12-18H2. The van der Waals surface area contributed by atoms with E-state index in [0.717, 1.165) is 73.7 Å². The van der Waals surface area contributed by atoms with Crippen LogP contribution in [0.25, 0.3) is 0 Å². The normalized spacial score (nSPS) is 19.2. The maximum atomic E-state index is 13.4. The first-order valence-corrected chi connectivity index (χ1v) is 12.7. The van der Waals surface area contributed by atoms with E-state index in [0.29, 0.717) is 6.42 Å². The topological polar surface area (TPSA) is 52.6 Å². The molecule has 1 amide bonds. The smallest absolute Gasteiger partial charge is 0.245 e.